The summed E-state index contributed by atoms with van der Waals surface area (Å²) in [5, 5.41) is 2.39. The topological polar surface area (TPSA) is 55.4 Å². The van der Waals surface area contributed by atoms with Crippen LogP contribution in [0, 0.1) is 5.82 Å². The Labute approximate surface area is 175 Å². The van der Waals surface area contributed by atoms with E-state index < -0.39 is 17.7 Å². The first-order chi connectivity index (χ1) is 14.1. The summed E-state index contributed by atoms with van der Waals surface area (Å²) in [7, 11) is 0. The van der Waals surface area contributed by atoms with Crippen LogP contribution < -0.4 is 5.32 Å². The number of unbranched alkanes of at least 4 members (excludes halogenated alkanes) is 12. The number of hydrogen-bond acceptors (Lipinski definition) is 3. The first-order valence-corrected chi connectivity index (χ1v) is 11.3. The highest BCUT2D eigenvalue weighted by Crippen LogP contribution is 2.12. The normalized spacial score (nSPS) is 10.7. The molecule has 164 valence electrons. The monoisotopic (exact) mass is 407 g/mol. The fourth-order valence-corrected chi connectivity index (χ4v) is 3.25. The van der Waals surface area contributed by atoms with Gasteiger partial charge in [-0.15, -0.1) is 0 Å². The van der Waals surface area contributed by atoms with Gasteiger partial charge in [-0.3, -0.25) is 9.59 Å². The van der Waals surface area contributed by atoms with E-state index in [9.17, 15) is 14.0 Å². The quantitative estimate of drug-likeness (QED) is 0.247. The molecule has 4 nitrogen and oxygen atoms in total. The van der Waals surface area contributed by atoms with E-state index in [1.165, 1.54) is 82.4 Å². The lowest BCUT2D eigenvalue weighted by atomic mass is 10.0. The van der Waals surface area contributed by atoms with Gasteiger partial charge in [0.25, 0.3) is 5.91 Å². The molecule has 0 aliphatic heterocycles. The third-order valence-electron chi connectivity index (χ3n) is 5.02. The zero-order chi connectivity index (χ0) is 21.2. The maximum Gasteiger partial charge on any atom is 0.325 e. The largest absolute Gasteiger partial charge is 0.464 e. The molecular weight excluding hydrogens is 369 g/mol. The highest BCUT2D eigenvalue weighted by atomic mass is 19.1. The van der Waals surface area contributed by atoms with Crippen molar-refractivity contribution in [1.82, 2.24) is 5.32 Å². The van der Waals surface area contributed by atoms with Gasteiger partial charge in [-0.05, 0) is 18.6 Å². The molecule has 0 heterocycles. The van der Waals surface area contributed by atoms with Crippen LogP contribution in [0.4, 0.5) is 4.39 Å². The van der Waals surface area contributed by atoms with E-state index in [0.29, 0.717) is 6.61 Å². The molecule has 0 radical (unpaired) electrons. The third-order valence-corrected chi connectivity index (χ3v) is 5.02. The van der Waals surface area contributed by atoms with Crippen LogP contribution in [-0.4, -0.2) is 25.0 Å². The molecular formula is C24H38FNO3. The summed E-state index contributed by atoms with van der Waals surface area (Å²) in [6.07, 6.45) is 16.5. The Kier molecular flexibility index (Phi) is 14.7. The molecule has 0 bridgehead atoms. The average Bonchev–Trinajstić information content (AvgIpc) is 2.72. The number of benzene rings is 1. The minimum atomic E-state index is -0.610. The van der Waals surface area contributed by atoms with Crippen LogP contribution in [0.15, 0.2) is 24.3 Å². The van der Waals surface area contributed by atoms with Gasteiger partial charge in [-0.2, -0.15) is 0 Å². The van der Waals surface area contributed by atoms with E-state index in [0.717, 1.165) is 19.3 Å². The van der Waals surface area contributed by atoms with Gasteiger partial charge in [-0.25, -0.2) is 4.39 Å². The molecule has 0 atom stereocenters. The Morgan fingerprint density at radius 3 is 1.90 bits per heavy atom. The van der Waals surface area contributed by atoms with Crippen LogP contribution in [0.3, 0.4) is 0 Å². The van der Waals surface area contributed by atoms with Crippen molar-refractivity contribution in [2.45, 2.75) is 90.4 Å². The second kappa shape index (κ2) is 17.0. The summed E-state index contributed by atoms with van der Waals surface area (Å²) >= 11 is 0. The third kappa shape index (κ3) is 13.0. The molecule has 0 aromatic heterocycles. The SMILES string of the molecule is CCCCCCCCCCCCCCCOC(=O)CNC(=O)c1ccccc1F. The summed E-state index contributed by atoms with van der Waals surface area (Å²) in [6, 6.07) is 5.67. The van der Waals surface area contributed by atoms with Gasteiger partial charge in [-0.1, -0.05) is 96.1 Å². The zero-order valence-electron chi connectivity index (χ0n) is 18.0. The summed E-state index contributed by atoms with van der Waals surface area (Å²) in [6.45, 7) is 2.37. The highest BCUT2D eigenvalue weighted by Gasteiger charge is 2.12. The molecule has 29 heavy (non-hydrogen) atoms. The van der Waals surface area contributed by atoms with Gasteiger partial charge in [0, 0.05) is 0 Å². The summed E-state index contributed by atoms with van der Waals surface area (Å²) in [5.41, 5.74) is -0.0724. The van der Waals surface area contributed by atoms with Crippen LogP contribution in [0.1, 0.15) is 101 Å². The molecule has 0 saturated heterocycles. The Balaban J connectivity index is 1.89. The smallest absolute Gasteiger partial charge is 0.325 e. The molecule has 0 unspecified atom stereocenters. The van der Waals surface area contributed by atoms with E-state index in [2.05, 4.69) is 12.2 Å². The molecule has 0 spiro atoms. The number of amides is 1. The fourth-order valence-electron chi connectivity index (χ4n) is 3.25. The predicted octanol–water partition coefficient (Wildman–Crippen LogP) is 6.19. The first-order valence-electron chi connectivity index (χ1n) is 11.3. The number of nitrogens with one attached hydrogen (secondary N) is 1. The molecule has 0 aliphatic rings. The highest BCUT2D eigenvalue weighted by molar-refractivity contribution is 5.96. The van der Waals surface area contributed by atoms with Crippen molar-refractivity contribution in [2.75, 3.05) is 13.2 Å². The van der Waals surface area contributed by atoms with Crippen molar-refractivity contribution in [2.24, 2.45) is 0 Å². The van der Waals surface area contributed by atoms with E-state index >= 15 is 0 Å². The molecule has 1 rings (SSSR count). The molecule has 0 aliphatic carbocycles. The number of ether oxygens (including phenoxy) is 1. The Morgan fingerprint density at radius 2 is 1.34 bits per heavy atom. The van der Waals surface area contributed by atoms with Gasteiger partial charge in [0.1, 0.15) is 12.4 Å². The molecule has 1 aromatic carbocycles. The van der Waals surface area contributed by atoms with E-state index in [1.807, 2.05) is 0 Å². The minimum absolute atomic E-state index is 0.0724. The molecule has 1 N–H and O–H groups in total. The molecule has 0 fully saturated rings. The lowest BCUT2D eigenvalue weighted by Gasteiger charge is -2.07. The summed E-state index contributed by atoms with van der Waals surface area (Å²) < 4.78 is 18.6. The Hall–Kier alpha value is -1.91. The lowest BCUT2D eigenvalue weighted by Crippen LogP contribution is -2.31. The van der Waals surface area contributed by atoms with E-state index in [1.54, 1.807) is 6.07 Å². The predicted molar refractivity (Wildman–Crippen MR) is 115 cm³/mol. The summed E-state index contributed by atoms with van der Waals surface area (Å²) in [5.74, 6) is -1.71. The van der Waals surface area contributed by atoms with Crippen molar-refractivity contribution >= 4 is 11.9 Å². The number of carbonyl (C=O) groups excluding carboxylic acids is 2. The minimum Gasteiger partial charge on any atom is -0.464 e. The summed E-state index contributed by atoms with van der Waals surface area (Å²) in [4.78, 5) is 23.5. The maximum atomic E-state index is 13.5. The van der Waals surface area contributed by atoms with Crippen molar-refractivity contribution in [3.05, 3.63) is 35.6 Å². The maximum absolute atomic E-state index is 13.5. The first kappa shape index (κ1) is 25.1. The molecule has 0 saturated carbocycles. The number of halogens is 1. The molecule has 5 heteroatoms. The standard InChI is InChI=1S/C24H38FNO3/c1-2-3-4-5-6-7-8-9-10-11-12-13-16-19-29-23(27)20-26-24(28)21-17-14-15-18-22(21)25/h14-15,17-18H,2-13,16,19-20H2,1H3,(H,26,28). The van der Waals surface area contributed by atoms with Gasteiger partial charge < -0.3 is 10.1 Å². The van der Waals surface area contributed by atoms with Gasteiger partial charge in [0.05, 0.1) is 12.2 Å². The van der Waals surface area contributed by atoms with Crippen LogP contribution in [-0.2, 0) is 9.53 Å². The van der Waals surface area contributed by atoms with E-state index in [4.69, 9.17) is 4.74 Å². The molecule has 1 aromatic rings. The number of esters is 1. The fraction of sp³-hybridized carbons (Fsp3) is 0.667. The van der Waals surface area contributed by atoms with Crippen molar-refractivity contribution in [3.63, 3.8) is 0 Å². The second-order valence-corrected chi connectivity index (χ2v) is 7.63. The Morgan fingerprint density at radius 1 is 0.828 bits per heavy atom. The number of hydrogen-bond donors (Lipinski definition) is 1. The zero-order valence-corrected chi connectivity index (χ0v) is 18.0. The number of carbonyl (C=O) groups is 2. The van der Waals surface area contributed by atoms with Crippen molar-refractivity contribution < 1.29 is 18.7 Å². The second-order valence-electron chi connectivity index (χ2n) is 7.63. The van der Waals surface area contributed by atoms with Crippen molar-refractivity contribution in [1.29, 1.82) is 0 Å². The Bertz CT molecular complexity index is 577. The van der Waals surface area contributed by atoms with Gasteiger partial charge in [0.15, 0.2) is 0 Å². The van der Waals surface area contributed by atoms with Crippen LogP contribution in [0.5, 0.6) is 0 Å². The van der Waals surface area contributed by atoms with Crippen LogP contribution >= 0.6 is 0 Å². The number of rotatable bonds is 17. The lowest BCUT2D eigenvalue weighted by molar-refractivity contribution is -0.142. The average molecular weight is 408 g/mol. The van der Waals surface area contributed by atoms with Crippen LogP contribution in [0.2, 0.25) is 0 Å². The van der Waals surface area contributed by atoms with E-state index in [-0.39, 0.29) is 12.1 Å². The molecule has 1 amide bonds. The van der Waals surface area contributed by atoms with Crippen molar-refractivity contribution in [3.8, 4) is 0 Å². The van der Waals surface area contributed by atoms with Gasteiger partial charge >= 0.3 is 5.97 Å². The van der Waals surface area contributed by atoms with Crippen LogP contribution in [0.25, 0.3) is 0 Å². The van der Waals surface area contributed by atoms with Gasteiger partial charge in [0.2, 0.25) is 0 Å².